The number of aryl methyl sites for hydroxylation is 2. The highest BCUT2D eigenvalue weighted by Gasteiger charge is 2.26. The Morgan fingerprint density at radius 2 is 1.85 bits per heavy atom. The summed E-state index contributed by atoms with van der Waals surface area (Å²) in [6.07, 6.45) is 1.78. The lowest BCUT2D eigenvalue weighted by atomic mass is 9.99. The molecular formula is C23H22FN8O2+. The molecule has 11 heteroatoms. The third-order valence-corrected chi connectivity index (χ3v) is 5.48. The highest BCUT2D eigenvalue weighted by molar-refractivity contribution is 5.88. The number of benzene rings is 1. The summed E-state index contributed by atoms with van der Waals surface area (Å²) in [6.45, 7) is 1.71. The van der Waals surface area contributed by atoms with E-state index in [1.807, 2.05) is 13.0 Å². The van der Waals surface area contributed by atoms with Gasteiger partial charge in [0.25, 0.3) is 0 Å². The van der Waals surface area contributed by atoms with Crippen molar-refractivity contribution in [3.05, 3.63) is 82.0 Å². The molecule has 0 aliphatic rings. The number of rotatable bonds is 5. The number of aromatic nitrogens is 7. The maximum absolute atomic E-state index is 13.6. The number of halogens is 1. The first-order valence-electron chi connectivity index (χ1n) is 10.5. The number of aliphatic hydroxyl groups excluding tert-OH is 1. The minimum absolute atomic E-state index is 0.0727. The number of anilines is 1. The van der Waals surface area contributed by atoms with Crippen LogP contribution in [0.15, 0.2) is 53.5 Å². The average Bonchev–Trinajstić information content (AvgIpc) is 3.36. The second-order valence-corrected chi connectivity index (χ2v) is 7.99. The highest BCUT2D eigenvalue weighted by atomic mass is 19.1. The fraction of sp³-hybridized carbons (Fsp3) is 0.174. The van der Waals surface area contributed by atoms with Crippen molar-refractivity contribution in [3.63, 3.8) is 0 Å². The van der Waals surface area contributed by atoms with Crippen molar-refractivity contribution in [2.24, 2.45) is 7.05 Å². The minimum Gasteiger partial charge on any atom is -0.390 e. The Bertz CT molecular complexity index is 1580. The normalized spacial score (nSPS) is 11.4. The molecule has 0 unspecified atom stereocenters. The van der Waals surface area contributed by atoms with Crippen LogP contribution in [0.25, 0.3) is 28.0 Å². The predicted molar refractivity (Wildman–Crippen MR) is 122 cm³/mol. The molecule has 0 spiro atoms. The summed E-state index contributed by atoms with van der Waals surface area (Å²) >= 11 is 0. The number of aromatic amines is 1. The van der Waals surface area contributed by atoms with Crippen molar-refractivity contribution in [1.82, 2.24) is 28.9 Å². The number of pyridine rings is 1. The maximum Gasteiger partial charge on any atom is 0.411 e. The zero-order valence-electron chi connectivity index (χ0n) is 18.5. The fourth-order valence-electron chi connectivity index (χ4n) is 4.02. The van der Waals surface area contributed by atoms with Gasteiger partial charge in [-0.05, 0) is 55.0 Å². The first-order chi connectivity index (χ1) is 16.3. The van der Waals surface area contributed by atoms with Crippen LogP contribution < -0.4 is 16.4 Å². The number of nitrogen functional groups attached to an aromatic ring is 1. The second-order valence-electron chi connectivity index (χ2n) is 7.99. The van der Waals surface area contributed by atoms with Crippen molar-refractivity contribution >= 4 is 11.6 Å². The minimum atomic E-state index is -0.436. The van der Waals surface area contributed by atoms with E-state index in [2.05, 4.69) is 20.2 Å². The van der Waals surface area contributed by atoms with Gasteiger partial charge in [-0.3, -0.25) is 15.4 Å². The molecule has 5 aromatic rings. The fourth-order valence-corrected chi connectivity index (χ4v) is 4.02. The lowest BCUT2D eigenvalue weighted by Gasteiger charge is -2.11. The SMILES string of the molecule is Cc1cc(-c2c(-c3ccc(F)cc3)[nH+]c(N)n3c(=O)n(Cc4ccn(C)n4)nc23)cc(CO)n1. The highest BCUT2D eigenvalue weighted by Crippen LogP contribution is 2.33. The summed E-state index contributed by atoms with van der Waals surface area (Å²) in [6, 6.07) is 11.3. The van der Waals surface area contributed by atoms with E-state index in [4.69, 9.17) is 5.73 Å². The summed E-state index contributed by atoms with van der Waals surface area (Å²) in [4.78, 5) is 20.7. The predicted octanol–water partition coefficient (Wildman–Crippen LogP) is 1.34. The van der Waals surface area contributed by atoms with Crippen LogP contribution in [0, 0.1) is 12.7 Å². The Balaban J connectivity index is 1.82. The maximum atomic E-state index is 13.6. The molecule has 5 rings (SSSR count). The van der Waals surface area contributed by atoms with E-state index in [1.165, 1.54) is 21.2 Å². The van der Waals surface area contributed by atoms with E-state index in [9.17, 15) is 14.3 Å². The number of hydrogen-bond acceptors (Lipinski definition) is 6. The standard InChI is InChI=1S/C23H21FN8O2/c1-13-9-15(10-18(12-33)26-13)19-20(14-3-5-16(24)6-4-14)27-22(25)32-21(19)29-31(23(32)34)11-17-7-8-30(2)28-17/h3-10,33H,11-12H2,1-2H3,(H2,25,27)/p+1. The Labute approximate surface area is 192 Å². The molecule has 10 nitrogen and oxygen atoms in total. The molecule has 4 heterocycles. The average molecular weight is 461 g/mol. The Kier molecular flexibility index (Phi) is 5.17. The van der Waals surface area contributed by atoms with Gasteiger partial charge in [-0.2, -0.15) is 9.78 Å². The summed E-state index contributed by atoms with van der Waals surface area (Å²) in [5.74, 6) is -0.305. The summed E-state index contributed by atoms with van der Waals surface area (Å²) < 4.78 is 17.9. The van der Waals surface area contributed by atoms with Crippen molar-refractivity contribution < 1.29 is 14.5 Å². The largest absolute Gasteiger partial charge is 0.411 e. The summed E-state index contributed by atoms with van der Waals surface area (Å²) in [5, 5.41) is 18.6. The van der Waals surface area contributed by atoms with E-state index in [-0.39, 0.29) is 24.9 Å². The molecule has 172 valence electrons. The van der Waals surface area contributed by atoms with Gasteiger partial charge in [0.2, 0.25) is 5.65 Å². The van der Waals surface area contributed by atoms with Crippen LogP contribution in [0.4, 0.5) is 10.3 Å². The van der Waals surface area contributed by atoms with Gasteiger partial charge in [-0.1, -0.05) is 0 Å². The van der Waals surface area contributed by atoms with Crippen LogP contribution in [0.3, 0.4) is 0 Å². The van der Waals surface area contributed by atoms with Gasteiger partial charge in [0.15, 0.2) is 0 Å². The number of fused-ring (bicyclic) bond motifs is 1. The van der Waals surface area contributed by atoms with Gasteiger partial charge in [0, 0.05) is 24.5 Å². The van der Waals surface area contributed by atoms with Crippen molar-refractivity contribution in [2.75, 3.05) is 5.73 Å². The molecule has 0 bridgehead atoms. The van der Waals surface area contributed by atoms with Crippen LogP contribution in [-0.4, -0.2) is 34.1 Å². The zero-order valence-corrected chi connectivity index (χ0v) is 18.5. The third kappa shape index (κ3) is 3.71. The van der Waals surface area contributed by atoms with Gasteiger partial charge in [-0.15, -0.1) is 9.50 Å². The molecule has 0 fully saturated rings. The Hall–Kier alpha value is -4.38. The number of nitrogens with zero attached hydrogens (tertiary/aromatic N) is 6. The zero-order chi connectivity index (χ0) is 24.0. The monoisotopic (exact) mass is 461 g/mol. The molecule has 4 aromatic heterocycles. The quantitative estimate of drug-likeness (QED) is 0.406. The lowest BCUT2D eigenvalue weighted by molar-refractivity contribution is -0.351. The molecule has 4 N–H and O–H groups in total. The van der Waals surface area contributed by atoms with Crippen molar-refractivity contribution in [3.8, 4) is 22.4 Å². The van der Waals surface area contributed by atoms with E-state index < -0.39 is 5.69 Å². The summed E-state index contributed by atoms with van der Waals surface area (Å²) in [5.41, 5.74) is 10.4. The number of nitrogens with one attached hydrogen (secondary N) is 1. The molecule has 1 aromatic carbocycles. The van der Waals surface area contributed by atoms with Gasteiger partial charge in [0.05, 0.1) is 30.1 Å². The van der Waals surface area contributed by atoms with Crippen LogP contribution in [0.5, 0.6) is 0 Å². The van der Waals surface area contributed by atoms with E-state index >= 15 is 0 Å². The molecule has 0 radical (unpaired) electrons. The molecule has 0 saturated carbocycles. The molecule has 34 heavy (non-hydrogen) atoms. The van der Waals surface area contributed by atoms with Crippen LogP contribution in [0.1, 0.15) is 17.1 Å². The molecular weight excluding hydrogens is 439 g/mol. The Morgan fingerprint density at radius 1 is 1.09 bits per heavy atom. The second kappa shape index (κ2) is 8.19. The van der Waals surface area contributed by atoms with Gasteiger partial charge in [0.1, 0.15) is 11.5 Å². The third-order valence-electron chi connectivity index (χ3n) is 5.48. The first kappa shape index (κ1) is 21.5. The molecule has 0 aliphatic carbocycles. The van der Waals surface area contributed by atoms with Crippen LogP contribution in [-0.2, 0) is 20.2 Å². The number of nitrogens with two attached hydrogens (primary N) is 1. The van der Waals surface area contributed by atoms with Gasteiger partial charge in [-0.25, -0.2) is 14.2 Å². The molecule has 0 aliphatic heterocycles. The summed E-state index contributed by atoms with van der Waals surface area (Å²) in [7, 11) is 1.79. The number of hydrogen-bond donors (Lipinski definition) is 2. The van der Waals surface area contributed by atoms with Crippen LogP contribution in [0.2, 0.25) is 0 Å². The smallest absolute Gasteiger partial charge is 0.390 e. The molecule has 0 saturated heterocycles. The lowest BCUT2D eigenvalue weighted by Crippen LogP contribution is -2.28. The first-order valence-corrected chi connectivity index (χ1v) is 10.5. The van der Waals surface area contributed by atoms with Crippen molar-refractivity contribution in [2.45, 2.75) is 20.1 Å². The molecule has 0 atom stereocenters. The molecule has 0 amide bonds. The topological polar surface area (TPSA) is 130 Å². The van der Waals surface area contributed by atoms with E-state index in [1.54, 1.807) is 42.2 Å². The number of H-pyrrole nitrogens is 1. The van der Waals surface area contributed by atoms with Gasteiger partial charge < -0.3 is 5.11 Å². The van der Waals surface area contributed by atoms with Crippen molar-refractivity contribution in [1.29, 1.82) is 0 Å². The van der Waals surface area contributed by atoms with E-state index in [0.717, 1.165) is 0 Å². The number of aliphatic hydroxyl groups is 1. The van der Waals surface area contributed by atoms with E-state index in [0.29, 0.717) is 45.1 Å². The Morgan fingerprint density at radius 3 is 2.53 bits per heavy atom. The van der Waals surface area contributed by atoms with Crippen LogP contribution >= 0.6 is 0 Å². The van der Waals surface area contributed by atoms with Gasteiger partial charge >= 0.3 is 11.6 Å².